The molecular formula is C24H17N5O5S. The Morgan fingerprint density at radius 3 is 2.71 bits per heavy atom. The zero-order chi connectivity index (χ0) is 24.4. The van der Waals surface area contributed by atoms with Crippen LogP contribution in [0.25, 0.3) is 23.1 Å². The number of phenols is 1. The van der Waals surface area contributed by atoms with Gasteiger partial charge in [-0.1, -0.05) is 24.3 Å². The Labute approximate surface area is 202 Å². The molecule has 11 heteroatoms. The number of nitrogens with zero attached hydrogens (tertiary/aromatic N) is 4. The van der Waals surface area contributed by atoms with E-state index in [1.165, 1.54) is 30.0 Å². The maximum absolute atomic E-state index is 13.0. The van der Waals surface area contributed by atoms with Gasteiger partial charge < -0.3 is 14.8 Å². The summed E-state index contributed by atoms with van der Waals surface area (Å²) in [6, 6.07) is 16.2. The summed E-state index contributed by atoms with van der Waals surface area (Å²) in [6.07, 6.45) is 3.06. The lowest BCUT2D eigenvalue weighted by atomic mass is 10.2. The minimum absolute atomic E-state index is 0.111. The Hall–Kier alpha value is -4.51. The molecule has 0 spiro atoms. The van der Waals surface area contributed by atoms with Crippen LogP contribution < -0.4 is 5.32 Å². The molecule has 2 aromatic heterocycles. The summed E-state index contributed by atoms with van der Waals surface area (Å²) in [4.78, 5) is 36.6. The Morgan fingerprint density at radius 1 is 1.11 bits per heavy atom. The molecule has 2 aromatic carbocycles. The Kier molecular flexibility index (Phi) is 5.98. The number of carbonyl (C=O) groups excluding carboxylic acids is 1. The smallest absolute Gasteiger partial charge is 0.433 e. The van der Waals surface area contributed by atoms with Gasteiger partial charge in [-0.25, -0.2) is 9.97 Å². The van der Waals surface area contributed by atoms with E-state index >= 15 is 0 Å². The second-order valence-electron chi connectivity index (χ2n) is 7.48. The summed E-state index contributed by atoms with van der Waals surface area (Å²) < 4.78 is 5.13. The minimum atomic E-state index is -0.647. The number of phenolic OH excluding ortho intramolecular Hbond substituents is 1. The summed E-state index contributed by atoms with van der Waals surface area (Å²) in [5.41, 5.74) is 1.20. The number of aromatic nitrogens is 2. The first-order valence-electron chi connectivity index (χ1n) is 10.5. The molecular weight excluding hydrogens is 470 g/mol. The van der Waals surface area contributed by atoms with Crippen molar-refractivity contribution < 1.29 is 19.2 Å². The number of hydrogen-bond acceptors (Lipinski definition) is 9. The van der Waals surface area contributed by atoms with Crippen LogP contribution in [0.1, 0.15) is 17.1 Å². The van der Waals surface area contributed by atoms with E-state index in [1.54, 1.807) is 42.5 Å². The van der Waals surface area contributed by atoms with Crippen LogP contribution in [0.15, 0.2) is 70.1 Å². The number of furan rings is 1. The van der Waals surface area contributed by atoms with Crippen molar-refractivity contribution in [2.24, 2.45) is 4.99 Å². The molecule has 1 amide bonds. The number of nitrogens with one attached hydrogen (secondary N) is 1. The number of para-hydroxylation sites is 2. The quantitative estimate of drug-likeness (QED) is 0.299. The number of amides is 1. The van der Waals surface area contributed by atoms with E-state index in [9.17, 15) is 20.0 Å². The van der Waals surface area contributed by atoms with Crippen molar-refractivity contribution in [3.63, 3.8) is 0 Å². The fourth-order valence-electron chi connectivity index (χ4n) is 3.46. The third kappa shape index (κ3) is 4.75. The summed E-state index contributed by atoms with van der Waals surface area (Å²) in [5.74, 6) is 0.730. The van der Waals surface area contributed by atoms with Crippen molar-refractivity contribution in [1.29, 1.82) is 0 Å². The topological polar surface area (TPSA) is 144 Å². The maximum atomic E-state index is 13.0. The molecule has 5 rings (SSSR count). The molecule has 1 aliphatic heterocycles. The number of hydrogen-bond donors (Lipinski definition) is 2. The Balaban J connectivity index is 1.40. The van der Waals surface area contributed by atoms with E-state index in [-0.39, 0.29) is 29.1 Å². The molecule has 174 valence electrons. The van der Waals surface area contributed by atoms with E-state index < -0.39 is 11.0 Å². The zero-order valence-electron chi connectivity index (χ0n) is 18.0. The van der Waals surface area contributed by atoms with Gasteiger partial charge in [0.2, 0.25) is 0 Å². The van der Waals surface area contributed by atoms with Gasteiger partial charge in [0, 0.05) is 16.7 Å². The van der Waals surface area contributed by atoms with E-state index in [4.69, 9.17) is 4.42 Å². The monoisotopic (exact) mass is 487 g/mol. The van der Waals surface area contributed by atoms with Crippen LogP contribution in [-0.2, 0) is 4.79 Å². The second-order valence-corrected chi connectivity index (χ2v) is 8.49. The number of aromatic hydroxyl groups is 1. The second kappa shape index (κ2) is 9.39. The van der Waals surface area contributed by atoms with Crippen molar-refractivity contribution in [3.8, 4) is 5.75 Å². The summed E-state index contributed by atoms with van der Waals surface area (Å²) in [7, 11) is 0. The van der Waals surface area contributed by atoms with Gasteiger partial charge in [-0.15, -0.1) is 11.8 Å². The molecule has 0 saturated heterocycles. The van der Waals surface area contributed by atoms with Crippen LogP contribution in [0, 0.1) is 10.1 Å². The fourth-order valence-corrected chi connectivity index (χ4v) is 4.53. The predicted molar refractivity (Wildman–Crippen MR) is 133 cm³/mol. The number of aliphatic imine (C=N–C) groups is 1. The average Bonchev–Trinajstić information content (AvgIpc) is 3.53. The predicted octanol–water partition coefficient (Wildman–Crippen LogP) is 4.51. The summed E-state index contributed by atoms with van der Waals surface area (Å²) in [6.45, 7) is 0. The standard InChI is InChI=1S/C24H17N5O5S/c30-19-8-4-2-6-16(19)24-26-18(13-35-24)23(31)28-22-15-5-1-3-7-17(15)25-20(27-22)11-9-14-10-12-21(34-14)29(32)33/h1-12,18,30H,13H2,(H,25,27,28,31)/t18-/m0/s1. The normalized spacial score (nSPS) is 15.4. The van der Waals surface area contributed by atoms with E-state index in [2.05, 4.69) is 20.3 Å². The highest BCUT2D eigenvalue weighted by Crippen LogP contribution is 2.29. The first-order valence-corrected chi connectivity index (χ1v) is 11.5. The van der Waals surface area contributed by atoms with Crippen molar-refractivity contribution in [3.05, 3.63) is 87.9 Å². The molecule has 1 aliphatic rings. The number of thioether (sulfide) groups is 1. The number of carbonyl (C=O) groups is 1. The highest BCUT2D eigenvalue weighted by Gasteiger charge is 2.27. The van der Waals surface area contributed by atoms with Crippen molar-refractivity contribution in [1.82, 2.24) is 9.97 Å². The van der Waals surface area contributed by atoms with Gasteiger partial charge >= 0.3 is 5.88 Å². The van der Waals surface area contributed by atoms with Gasteiger partial charge in [0.1, 0.15) is 33.3 Å². The molecule has 2 N–H and O–H groups in total. The third-order valence-corrected chi connectivity index (χ3v) is 6.22. The van der Waals surface area contributed by atoms with Gasteiger partial charge in [0.15, 0.2) is 5.82 Å². The zero-order valence-corrected chi connectivity index (χ0v) is 18.8. The highest BCUT2D eigenvalue weighted by atomic mass is 32.2. The van der Waals surface area contributed by atoms with Crippen molar-refractivity contribution in [2.45, 2.75) is 6.04 Å². The lowest BCUT2D eigenvalue weighted by Crippen LogP contribution is -2.27. The molecule has 0 saturated carbocycles. The summed E-state index contributed by atoms with van der Waals surface area (Å²) in [5, 5.41) is 25.0. The molecule has 0 fully saturated rings. The molecule has 0 unspecified atom stereocenters. The van der Waals surface area contributed by atoms with Crippen LogP contribution in [0.2, 0.25) is 0 Å². The van der Waals surface area contributed by atoms with Gasteiger partial charge in [-0.05, 0) is 42.5 Å². The molecule has 10 nitrogen and oxygen atoms in total. The SMILES string of the molecule is O=C(Nc1nc(C=Cc2ccc([N+](=O)[O-])o2)nc2ccccc12)[C@@H]1CSC(c2ccccc2O)=N1. The molecule has 0 bridgehead atoms. The maximum Gasteiger partial charge on any atom is 0.433 e. The molecule has 0 aliphatic carbocycles. The van der Waals surface area contributed by atoms with Crippen molar-refractivity contribution in [2.75, 3.05) is 11.1 Å². The van der Waals surface area contributed by atoms with Crippen LogP contribution >= 0.6 is 11.8 Å². The van der Waals surface area contributed by atoms with Gasteiger partial charge in [-0.3, -0.25) is 19.9 Å². The first kappa shape index (κ1) is 22.3. The number of anilines is 1. The first-order chi connectivity index (χ1) is 17.0. The lowest BCUT2D eigenvalue weighted by Gasteiger charge is -2.10. The number of rotatable bonds is 6. The lowest BCUT2D eigenvalue weighted by molar-refractivity contribution is -0.402. The average molecular weight is 487 g/mol. The van der Waals surface area contributed by atoms with Crippen LogP contribution in [0.5, 0.6) is 5.75 Å². The van der Waals surface area contributed by atoms with Crippen LogP contribution in [0.4, 0.5) is 11.7 Å². The highest BCUT2D eigenvalue weighted by molar-refractivity contribution is 8.14. The minimum Gasteiger partial charge on any atom is -0.507 e. The van der Waals surface area contributed by atoms with E-state index in [1.807, 2.05) is 12.1 Å². The number of benzene rings is 2. The van der Waals surface area contributed by atoms with Crippen LogP contribution in [-0.4, -0.2) is 42.7 Å². The molecule has 4 aromatic rings. The molecule has 35 heavy (non-hydrogen) atoms. The molecule has 1 atom stereocenters. The van der Waals surface area contributed by atoms with Crippen LogP contribution in [0.3, 0.4) is 0 Å². The Bertz CT molecular complexity index is 1510. The largest absolute Gasteiger partial charge is 0.507 e. The van der Waals surface area contributed by atoms with E-state index in [0.29, 0.717) is 33.1 Å². The molecule has 3 heterocycles. The third-order valence-electron chi connectivity index (χ3n) is 5.14. The van der Waals surface area contributed by atoms with Gasteiger partial charge in [0.25, 0.3) is 5.91 Å². The Morgan fingerprint density at radius 2 is 1.91 bits per heavy atom. The summed E-state index contributed by atoms with van der Waals surface area (Å²) >= 11 is 1.40. The fraction of sp³-hybridized carbons (Fsp3) is 0.0833. The van der Waals surface area contributed by atoms with E-state index in [0.717, 1.165) is 0 Å². The van der Waals surface area contributed by atoms with Crippen molar-refractivity contribution >= 4 is 57.5 Å². The van der Waals surface area contributed by atoms with Gasteiger partial charge in [0.05, 0.1) is 11.6 Å². The number of fused-ring (bicyclic) bond motifs is 1. The van der Waals surface area contributed by atoms with Gasteiger partial charge in [-0.2, -0.15) is 0 Å². The number of nitro groups is 1. The molecule has 0 radical (unpaired) electrons.